The second-order valence-electron chi connectivity index (χ2n) is 3.46. The lowest BCUT2D eigenvalue weighted by Gasteiger charge is -2.06. The quantitative estimate of drug-likeness (QED) is 0.790. The third kappa shape index (κ3) is 1.52. The van der Waals surface area contributed by atoms with Crippen LogP contribution in [0.15, 0.2) is 22.7 Å². The Morgan fingerprint density at radius 3 is 2.92 bits per heavy atom. The number of aliphatic hydroxyl groups is 1. The topological polar surface area (TPSA) is 46.2 Å². The zero-order valence-corrected chi connectivity index (χ0v) is 8.79. The van der Waals surface area contributed by atoms with Gasteiger partial charge in [0.05, 0.1) is 6.10 Å². The molecule has 0 bridgehead atoms. The highest BCUT2D eigenvalue weighted by Crippen LogP contribution is 2.40. The second-order valence-corrected chi connectivity index (χ2v) is 4.37. The van der Waals surface area contributed by atoms with Crippen LogP contribution in [0.1, 0.15) is 29.6 Å². The molecule has 1 aromatic carbocycles. The fourth-order valence-electron chi connectivity index (χ4n) is 1.95. The van der Waals surface area contributed by atoms with Gasteiger partial charge in [-0.15, -0.1) is 0 Å². The van der Waals surface area contributed by atoms with Gasteiger partial charge in [-0.1, -0.05) is 22.0 Å². The lowest BCUT2D eigenvalue weighted by Crippen LogP contribution is -2.09. The average molecular weight is 242 g/mol. The van der Waals surface area contributed by atoms with Crippen LogP contribution in [0.2, 0.25) is 0 Å². The Bertz CT molecular complexity index is 327. The van der Waals surface area contributed by atoms with E-state index in [1.54, 1.807) is 0 Å². The van der Waals surface area contributed by atoms with Crippen LogP contribution in [0.4, 0.5) is 0 Å². The molecule has 3 N–H and O–H groups in total. The van der Waals surface area contributed by atoms with Crippen LogP contribution in [0.5, 0.6) is 0 Å². The highest BCUT2D eigenvalue weighted by molar-refractivity contribution is 9.10. The van der Waals surface area contributed by atoms with Gasteiger partial charge >= 0.3 is 0 Å². The summed E-state index contributed by atoms with van der Waals surface area (Å²) < 4.78 is 1.02. The van der Waals surface area contributed by atoms with Crippen molar-refractivity contribution in [1.29, 1.82) is 0 Å². The predicted octanol–water partition coefficient (Wildman–Crippen LogP) is 1.93. The highest BCUT2D eigenvalue weighted by atomic mass is 79.9. The monoisotopic (exact) mass is 241 g/mol. The number of hydrogen-bond acceptors (Lipinski definition) is 2. The van der Waals surface area contributed by atoms with E-state index in [1.165, 1.54) is 5.56 Å². The smallest absolute Gasteiger partial charge is 0.0799 e. The number of fused-ring (bicyclic) bond motifs is 1. The van der Waals surface area contributed by atoms with Crippen molar-refractivity contribution in [3.63, 3.8) is 0 Å². The summed E-state index contributed by atoms with van der Waals surface area (Å²) in [6.45, 7) is 0.617. The molecule has 0 heterocycles. The first-order chi connectivity index (χ1) is 6.22. The number of benzene rings is 1. The summed E-state index contributed by atoms with van der Waals surface area (Å²) in [6.07, 6.45) is 0.434. The van der Waals surface area contributed by atoms with E-state index in [-0.39, 0.29) is 6.10 Å². The van der Waals surface area contributed by atoms with Gasteiger partial charge in [-0.25, -0.2) is 0 Å². The molecule has 0 amide bonds. The van der Waals surface area contributed by atoms with Crippen molar-refractivity contribution in [2.45, 2.75) is 18.4 Å². The molecule has 3 heteroatoms. The van der Waals surface area contributed by atoms with Gasteiger partial charge in [-0.3, -0.25) is 0 Å². The first-order valence-corrected chi connectivity index (χ1v) is 5.19. The zero-order valence-electron chi connectivity index (χ0n) is 7.20. The molecule has 13 heavy (non-hydrogen) atoms. The predicted molar refractivity (Wildman–Crippen MR) is 55.5 cm³/mol. The molecule has 0 fully saturated rings. The molecule has 2 unspecified atom stereocenters. The SMILES string of the molecule is NCC1CC(O)c2cc(Br)ccc21. The first kappa shape index (κ1) is 9.19. The Labute approximate surface area is 85.9 Å². The van der Waals surface area contributed by atoms with Crippen LogP contribution < -0.4 is 5.73 Å². The molecule has 0 aliphatic heterocycles. The molecule has 0 saturated carbocycles. The number of nitrogens with two attached hydrogens (primary N) is 1. The minimum atomic E-state index is -0.332. The normalized spacial score (nSPS) is 26.1. The van der Waals surface area contributed by atoms with Gasteiger partial charge in [0.2, 0.25) is 0 Å². The summed E-state index contributed by atoms with van der Waals surface area (Å²) in [4.78, 5) is 0. The Morgan fingerprint density at radius 2 is 2.23 bits per heavy atom. The van der Waals surface area contributed by atoms with E-state index in [0.717, 1.165) is 16.5 Å². The van der Waals surface area contributed by atoms with Crippen molar-refractivity contribution < 1.29 is 5.11 Å². The summed E-state index contributed by atoms with van der Waals surface area (Å²) in [5.74, 6) is 0.332. The molecule has 2 nitrogen and oxygen atoms in total. The molecule has 1 aliphatic rings. The minimum Gasteiger partial charge on any atom is -0.388 e. The molecule has 0 saturated heterocycles. The maximum absolute atomic E-state index is 9.73. The summed E-state index contributed by atoms with van der Waals surface area (Å²) in [6, 6.07) is 6.03. The lowest BCUT2D eigenvalue weighted by molar-refractivity contribution is 0.173. The Balaban J connectivity index is 2.46. The van der Waals surface area contributed by atoms with Gasteiger partial charge in [-0.05, 0) is 42.1 Å². The van der Waals surface area contributed by atoms with Crippen LogP contribution in [0.25, 0.3) is 0 Å². The third-order valence-corrected chi connectivity index (χ3v) is 3.13. The maximum Gasteiger partial charge on any atom is 0.0799 e. The summed E-state index contributed by atoms with van der Waals surface area (Å²) in [5.41, 5.74) is 7.86. The molecular formula is C10H12BrNO. The molecule has 0 spiro atoms. The summed E-state index contributed by atoms with van der Waals surface area (Å²) in [7, 11) is 0. The number of halogens is 1. The molecule has 1 aromatic rings. The molecule has 1 aliphatic carbocycles. The lowest BCUT2D eigenvalue weighted by atomic mass is 10.0. The van der Waals surface area contributed by atoms with Crippen molar-refractivity contribution in [2.24, 2.45) is 5.73 Å². The molecule has 0 aromatic heterocycles. The largest absolute Gasteiger partial charge is 0.388 e. The van der Waals surface area contributed by atoms with Gasteiger partial charge in [0.1, 0.15) is 0 Å². The first-order valence-electron chi connectivity index (χ1n) is 4.40. The standard InChI is InChI=1S/C10H12BrNO/c11-7-1-2-8-6(5-12)3-10(13)9(8)4-7/h1-2,4,6,10,13H,3,5,12H2. The van der Waals surface area contributed by atoms with E-state index in [9.17, 15) is 5.11 Å². The van der Waals surface area contributed by atoms with E-state index >= 15 is 0 Å². The number of rotatable bonds is 1. The van der Waals surface area contributed by atoms with E-state index in [4.69, 9.17) is 5.73 Å². The van der Waals surface area contributed by atoms with Crippen LogP contribution in [-0.4, -0.2) is 11.7 Å². The second kappa shape index (κ2) is 3.40. The maximum atomic E-state index is 9.73. The Kier molecular flexibility index (Phi) is 2.41. The third-order valence-electron chi connectivity index (χ3n) is 2.64. The average Bonchev–Trinajstić information content (AvgIpc) is 2.43. The van der Waals surface area contributed by atoms with E-state index in [1.807, 2.05) is 18.2 Å². The van der Waals surface area contributed by atoms with Crippen LogP contribution in [-0.2, 0) is 0 Å². The van der Waals surface area contributed by atoms with Gasteiger partial charge in [0, 0.05) is 4.47 Å². The Hall–Kier alpha value is -0.380. The fraction of sp³-hybridized carbons (Fsp3) is 0.400. The van der Waals surface area contributed by atoms with Gasteiger partial charge < -0.3 is 10.8 Å². The van der Waals surface area contributed by atoms with E-state index < -0.39 is 0 Å². The van der Waals surface area contributed by atoms with Crippen LogP contribution >= 0.6 is 15.9 Å². The fourth-order valence-corrected chi connectivity index (χ4v) is 2.33. The van der Waals surface area contributed by atoms with Crippen LogP contribution in [0.3, 0.4) is 0 Å². The van der Waals surface area contributed by atoms with E-state index in [0.29, 0.717) is 12.5 Å². The number of aliphatic hydroxyl groups excluding tert-OH is 1. The Morgan fingerprint density at radius 1 is 1.46 bits per heavy atom. The van der Waals surface area contributed by atoms with Crippen molar-refractivity contribution >= 4 is 15.9 Å². The molecular weight excluding hydrogens is 230 g/mol. The van der Waals surface area contributed by atoms with Gasteiger partial charge in [0.15, 0.2) is 0 Å². The molecule has 70 valence electrons. The van der Waals surface area contributed by atoms with Gasteiger partial charge in [-0.2, -0.15) is 0 Å². The van der Waals surface area contributed by atoms with Crippen molar-refractivity contribution in [1.82, 2.24) is 0 Å². The molecule has 2 atom stereocenters. The van der Waals surface area contributed by atoms with Crippen molar-refractivity contribution in [3.05, 3.63) is 33.8 Å². The highest BCUT2D eigenvalue weighted by Gasteiger charge is 2.28. The van der Waals surface area contributed by atoms with Gasteiger partial charge in [0.25, 0.3) is 0 Å². The zero-order chi connectivity index (χ0) is 9.42. The van der Waals surface area contributed by atoms with Crippen molar-refractivity contribution in [3.8, 4) is 0 Å². The van der Waals surface area contributed by atoms with E-state index in [2.05, 4.69) is 15.9 Å². The van der Waals surface area contributed by atoms with Crippen molar-refractivity contribution in [2.75, 3.05) is 6.54 Å². The molecule has 2 rings (SSSR count). The summed E-state index contributed by atoms with van der Waals surface area (Å²) in [5, 5.41) is 9.73. The number of hydrogen-bond donors (Lipinski definition) is 2. The minimum absolute atomic E-state index is 0.332. The van der Waals surface area contributed by atoms with Crippen LogP contribution in [0, 0.1) is 0 Å². The summed E-state index contributed by atoms with van der Waals surface area (Å²) >= 11 is 3.39. The molecule has 0 radical (unpaired) electrons.